The second kappa shape index (κ2) is 9.34. The summed E-state index contributed by atoms with van der Waals surface area (Å²) < 4.78 is 37.6. The molecular formula is C21H21F2N3O3S. The standard InChI is InChI=1S/C21H21F2N3O3S/c22-14-6-7-17(16(23)13-14)28-15-8-10-26(11-9-15)20(27)5-1-4-19-24-21(25-29-19)18-3-2-12-30-18/h2-3,6-7,12-13,15H,1,4-5,8-11H2. The van der Waals surface area contributed by atoms with Crippen molar-refractivity contribution >= 4 is 17.2 Å². The third kappa shape index (κ3) is 5.02. The summed E-state index contributed by atoms with van der Waals surface area (Å²) in [6.45, 7) is 1.10. The first kappa shape index (κ1) is 20.5. The maximum Gasteiger partial charge on any atom is 0.226 e. The molecule has 9 heteroatoms. The van der Waals surface area contributed by atoms with Crippen LogP contribution < -0.4 is 4.74 Å². The van der Waals surface area contributed by atoms with Crippen molar-refractivity contribution in [1.29, 1.82) is 0 Å². The van der Waals surface area contributed by atoms with Gasteiger partial charge in [-0.15, -0.1) is 11.3 Å². The highest BCUT2D eigenvalue weighted by atomic mass is 32.1. The van der Waals surface area contributed by atoms with Crippen LogP contribution in [0.2, 0.25) is 0 Å². The van der Waals surface area contributed by atoms with E-state index in [4.69, 9.17) is 9.26 Å². The van der Waals surface area contributed by atoms with Crippen LogP contribution in [0, 0.1) is 11.6 Å². The largest absolute Gasteiger partial charge is 0.487 e. The highest BCUT2D eigenvalue weighted by molar-refractivity contribution is 7.13. The molecule has 1 amide bonds. The zero-order valence-corrected chi connectivity index (χ0v) is 17.0. The lowest BCUT2D eigenvalue weighted by molar-refractivity contribution is -0.133. The molecule has 1 fully saturated rings. The SMILES string of the molecule is O=C(CCCc1nc(-c2cccs2)no1)N1CCC(Oc2ccc(F)cc2F)CC1. The van der Waals surface area contributed by atoms with Gasteiger partial charge in [0.15, 0.2) is 11.6 Å². The van der Waals surface area contributed by atoms with Gasteiger partial charge in [0.2, 0.25) is 17.6 Å². The van der Waals surface area contributed by atoms with Crippen molar-refractivity contribution in [3.8, 4) is 16.5 Å². The Hall–Kier alpha value is -2.81. The summed E-state index contributed by atoms with van der Waals surface area (Å²) in [5.41, 5.74) is 0. The number of rotatable bonds is 7. The van der Waals surface area contributed by atoms with E-state index < -0.39 is 11.6 Å². The van der Waals surface area contributed by atoms with Crippen molar-refractivity contribution < 1.29 is 22.8 Å². The lowest BCUT2D eigenvalue weighted by atomic mass is 10.1. The van der Waals surface area contributed by atoms with Crippen LogP contribution in [-0.4, -0.2) is 40.1 Å². The van der Waals surface area contributed by atoms with Crippen LogP contribution >= 0.6 is 11.3 Å². The third-order valence-electron chi connectivity index (χ3n) is 4.97. The van der Waals surface area contributed by atoms with Gasteiger partial charge in [-0.2, -0.15) is 4.98 Å². The van der Waals surface area contributed by atoms with Gasteiger partial charge in [-0.05, 0) is 30.0 Å². The van der Waals surface area contributed by atoms with Crippen LogP contribution in [0.25, 0.3) is 10.7 Å². The van der Waals surface area contributed by atoms with E-state index in [2.05, 4.69) is 10.1 Å². The van der Waals surface area contributed by atoms with Gasteiger partial charge in [0.05, 0.1) is 4.88 Å². The zero-order chi connectivity index (χ0) is 20.9. The van der Waals surface area contributed by atoms with Crippen molar-refractivity contribution in [2.24, 2.45) is 0 Å². The van der Waals surface area contributed by atoms with Crippen LogP contribution in [0.15, 0.2) is 40.2 Å². The Morgan fingerprint density at radius 2 is 2.10 bits per heavy atom. The fourth-order valence-electron chi connectivity index (χ4n) is 3.38. The molecule has 3 aromatic rings. The number of halogens is 2. The summed E-state index contributed by atoms with van der Waals surface area (Å²) in [6.07, 6.45) is 2.60. The minimum atomic E-state index is -0.711. The smallest absolute Gasteiger partial charge is 0.226 e. The number of hydrogen-bond donors (Lipinski definition) is 0. The highest BCUT2D eigenvalue weighted by Gasteiger charge is 2.24. The van der Waals surface area contributed by atoms with Crippen LogP contribution in [0.4, 0.5) is 8.78 Å². The van der Waals surface area contributed by atoms with Crippen molar-refractivity contribution in [3.05, 3.63) is 53.2 Å². The van der Waals surface area contributed by atoms with Crippen LogP contribution in [-0.2, 0) is 11.2 Å². The Kier molecular flexibility index (Phi) is 6.37. The van der Waals surface area contributed by atoms with E-state index in [0.717, 1.165) is 10.9 Å². The zero-order valence-electron chi connectivity index (χ0n) is 16.2. The topological polar surface area (TPSA) is 68.5 Å². The van der Waals surface area contributed by atoms with E-state index in [0.29, 0.717) is 56.9 Å². The van der Waals surface area contributed by atoms with E-state index in [9.17, 15) is 13.6 Å². The average molecular weight is 433 g/mol. The number of hydrogen-bond acceptors (Lipinski definition) is 6. The van der Waals surface area contributed by atoms with E-state index in [-0.39, 0.29) is 17.8 Å². The second-order valence-electron chi connectivity index (χ2n) is 7.12. The van der Waals surface area contributed by atoms with Gasteiger partial charge in [0.25, 0.3) is 0 Å². The van der Waals surface area contributed by atoms with Crippen LogP contribution in [0.1, 0.15) is 31.6 Å². The molecule has 0 atom stereocenters. The van der Waals surface area contributed by atoms with E-state index in [1.807, 2.05) is 17.5 Å². The van der Waals surface area contributed by atoms with Gasteiger partial charge in [-0.3, -0.25) is 4.79 Å². The van der Waals surface area contributed by atoms with Gasteiger partial charge in [-0.1, -0.05) is 11.2 Å². The lowest BCUT2D eigenvalue weighted by Crippen LogP contribution is -2.41. The second-order valence-corrected chi connectivity index (χ2v) is 8.06. The molecule has 6 nitrogen and oxygen atoms in total. The molecule has 0 N–H and O–H groups in total. The van der Waals surface area contributed by atoms with Crippen molar-refractivity contribution in [2.75, 3.05) is 13.1 Å². The summed E-state index contributed by atoms with van der Waals surface area (Å²) in [4.78, 5) is 19.6. The number of carbonyl (C=O) groups is 1. The number of aryl methyl sites for hydroxylation is 1. The number of benzene rings is 1. The molecule has 0 radical (unpaired) electrons. The number of thiophene rings is 1. The normalized spacial score (nSPS) is 14.8. The summed E-state index contributed by atoms with van der Waals surface area (Å²) in [5.74, 6) is -0.131. The van der Waals surface area contributed by atoms with Crippen molar-refractivity contribution in [1.82, 2.24) is 15.0 Å². The van der Waals surface area contributed by atoms with Gasteiger partial charge in [-0.25, -0.2) is 8.78 Å². The van der Waals surface area contributed by atoms with E-state index >= 15 is 0 Å². The first-order valence-electron chi connectivity index (χ1n) is 9.84. The van der Waals surface area contributed by atoms with Gasteiger partial charge in [0.1, 0.15) is 11.9 Å². The Morgan fingerprint density at radius 3 is 2.83 bits per heavy atom. The lowest BCUT2D eigenvalue weighted by Gasteiger charge is -2.32. The fourth-order valence-corrected chi connectivity index (χ4v) is 4.03. The molecule has 0 aliphatic carbocycles. The minimum Gasteiger partial charge on any atom is -0.487 e. The summed E-state index contributed by atoms with van der Waals surface area (Å²) >= 11 is 1.55. The number of amides is 1. The molecule has 1 saturated heterocycles. The first-order chi connectivity index (χ1) is 14.6. The van der Waals surface area contributed by atoms with Gasteiger partial charge < -0.3 is 14.2 Å². The number of aromatic nitrogens is 2. The van der Waals surface area contributed by atoms with E-state index in [1.165, 1.54) is 12.1 Å². The number of likely N-dealkylation sites (tertiary alicyclic amines) is 1. The van der Waals surface area contributed by atoms with Gasteiger partial charge >= 0.3 is 0 Å². The fraction of sp³-hybridized carbons (Fsp3) is 0.381. The van der Waals surface area contributed by atoms with E-state index in [1.54, 1.807) is 16.2 Å². The van der Waals surface area contributed by atoms with Crippen molar-refractivity contribution in [3.63, 3.8) is 0 Å². The summed E-state index contributed by atoms with van der Waals surface area (Å²) in [7, 11) is 0. The molecule has 158 valence electrons. The quantitative estimate of drug-likeness (QED) is 0.550. The van der Waals surface area contributed by atoms with Crippen LogP contribution in [0.3, 0.4) is 0 Å². The Labute approximate surface area is 176 Å². The Bertz CT molecular complexity index is 985. The number of piperidine rings is 1. The molecule has 4 rings (SSSR count). The number of nitrogens with zero attached hydrogens (tertiary/aromatic N) is 3. The molecule has 1 aromatic carbocycles. The number of ether oxygens (including phenoxy) is 1. The van der Waals surface area contributed by atoms with Crippen LogP contribution in [0.5, 0.6) is 5.75 Å². The maximum atomic E-state index is 13.7. The first-order valence-corrected chi connectivity index (χ1v) is 10.7. The predicted molar refractivity (Wildman–Crippen MR) is 107 cm³/mol. The molecule has 1 aliphatic heterocycles. The Balaban J connectivity index is 1.19. The molecule has 3 heterocycles. The molecule has 2 aromatic heterocycles. The highest BCUT2D eigenvalue weighted by Crippen LogP contribution is 2.24. The van der Waals surface area contributed by atoms with Crippen molar-refractivity contribution in [2.45, 2.75) is 38.2 Å². The molecule has 0 bridgehead atoms. The molecule has 0 unspecified atom stereocenters. The molecular weight excluding hydrogens is 412 g/mol. The third-order valence-corrected chi connectivity index (χ3v) is 5.84. The van der Waals surface area contributed by atoms with Gasteiger partial charge in [0, 0.05) is 44.8 Å². The molecule has 0 saturated carbocycles. The monoisotopic (exact) mass is 433 g/mol. The minimum absolute atomic E-state index is 0.0441. The predicted octanol–water partition coefficient (Wildman–Crippen LogP) is 4.47. The Morgan fingerprint density at radius 1 is 1.27 bits per heavy atom. The summed E-state index contributed by atoms with van der Waals surface area (Å²) in [5, 5.41) is 5.92. The summed E-state index contributed by atoms with van der Waals surface area (Å²) in [6, 6.07) is 7.13. The number of carbonyl (C=O) groups excluding carboxylic acids is 1. The maximum absolute atomic E-state index is 13.7. The molecule has 0 spiro atoms. The molecule has 30 heavy (non-hydrogen) atoms. The molecule has 1 aliphatic rings. The average Bonchev–Trinajstić information content (AvgIpc) is 3.42.